The molecular weight excluding hydrogens is 168 g/mol. The number of carbonyl (C=O) groups is 1. The zero-order valence-electron chi connectivity index (χ0n) is 7.29. The highest BCUT2D eigenvalue weighted by atomic mass is 16.2. The van der Waals surface area contributed by atoms with Crippen LogP contribution in [0.15, 0.2) is 6.33 Å². The summed E-state index contributed by atoms with van der Waals surface area (Å²) < 4.78 is 0. The highest BCUT2D eigenvalue weighted by Crippen LogP contribution is 2.28. The Morgan fingerprint density at radius 3 is 3.15 bits per heavy atom. The lowest BCUT2D eigenvalue weighted by atomic mass is 10.3. The number of nitrogens with one attached hydrogen (secondary N) is 2. The molecule has 1 saturated carbocycles. The number of nitrogens with zero attached hydrogens (tertiary/aromatic N) is 2. The molecule has 1 fully saturated rings. The maximum Gasteiger partial charge on any atom is 0.223 e. The fourth-order valence-corrected chi connectivity index (χ4v) is 1.15. The van der Waals surface area contributed by atoms with Crippen LogP contribution in [0.3, 0.4) is 0 Å². The van der Waals surface area contributed by atoms with Gasteiger partial charge in [0.25, 0.3) is 0 Å². The van der Waals surface area contributed by atoms with E-state index in [1.807, 2.05) is 0 Å². The molecule has 1 aromatic rings. The molecule has 0 unspecified atom stereocenters. The fraction of sp³-hybridized carbons (Fsp3) is 0.625. The molecule has 2 N–H and O–H groups in total. The highest BCUT2D eigenvalue weighted by molar-refractivity contribution is 5.80. The van der Waals surface area contributed by atoms with Gasteiger partial charge < -0.3 is 5.32 Å². The van der Waals surface area contributed by atoms with Crippen LogP contribution in [0.2, 0.25) is 0 Å². The zero-order valence-corrected chi connectivity index (χ0v) is 7.29. The summed E-state index contributed by atoms with van der Waals surface area (Å²) in [5.74, 6) is 1.28. The van der Waals surface area contributed by atoms with E-state index in [0.29, 0.717) is 6.54 Å². The summed E-state index contributed by atoms with van der Waals surface area (Å²) in [5.41, 5.74) is 0. The molecule has 5 heteroatoms. The largest absolute Gasteiger partial charge is 0.355 e. The smallest absolute Gasteiger partial charge is 0.223 e. The predicted octanol–water partition coefficient (Wildman–Crippen LogP) is -0.127. The van der Waals surface area contributed by atoms with Gasteiger partial charge in [0, 0.05) is 18.9 Å². The molecule has 1 amide bonds. The van der Waals surface area contributed by atoms with E-state index < -0.39 is 0 Å². The molecule has 13 heavy (non-hydrogen) atoms. The van der Waals surface area contributed by atoms with Gasteiger partial charge in [0.2, 0.25) is 5.91 Å². The SMILES string of the molecule is O=C(NCCc1ncn[nH]1)C1CC1. The third-order valence-corrected chi connectivity index (χ3v) is 2.07. The number of rotatable bonds is 4. The van der Waals surface area contributed by atoms with Crippen LogP contribution in [-0.2, 0) is 11.2 Å². The van der Waals surface area contributed by atoms with Gasteiger partial charge in [-0.1, -0.05) is 0 Å². The van der Waals surface area contributed by atoms with E-state index in [1.54, 1.807) is 0 Å². The lowest BCUT2D eigenvalue weighted by Crippen LogP contribution is -2.27. The maximum absolute atomic E-state index is 11.2. The summed E-state index contributed by atoms with van der Waals surface area (Å²) >= 11 is 0. The summed E-state index contributed by atoms with van der Waals surface area (Å²) in [5, 5.41) is 9.32. The van der Waals surface area contributed by atoms with Crippen LogP contribution in [0.5, 0.6) is 0 Å². The maximum atomic E-state index is 11.2. The van der Waals surface area contributed by atoms with Gasteiger partial charge in [-0.05, 0) is 12.8 Å². The molecule has 0 atom stereocenters. The molecule has 2 rings (SSSR count). The molecule has 0 saturated heterocycles. The van der Waals surface area contributed by atoms with Crippen LogP contribution < -0.4 is 5.32 Å². The average Bonchev–Trinajstić information content (AvgIpc) is 2.86. The Kier molecular flexibility index (Phi) is 2.25. The van der Waals surface area contributed by atoms with E-state index in [9.17, 15) is 4.79 Å². The third kappa shape index (κ3) is 2.27. The molecule has 1 aliphatic rings. The molecule has 0 radical (unpaired) electrons. The highest BCUT2D eigenvalue weighted by Gasteiger charge is 2.28. The first kappa shape index (κ1) is 8.22. The van der Waals surface area contributed by atoms with E-state index in [2.05, 4.69) is 20.5 Å². The molecule has 5 nitrogen and oxygen atoms in total. The average molecular weight is 180 g/mol. The van der Waals surface area contributed by atoms with E-state index in [-0.39, 0.29) is 11.8 Å². The minimum absolute atomic E-state index is 0.180. The lowest BCUT2D eigenvalue weighted by molar-refractivity contribution is -0.122. The molecule has 1 heterocycles. The minimum Gasteiger partial charge on any atom is -0.355 e. The van der Waals surface area contributed by atoms with Crippen molar-refractivity contribution < 1.29 is 4.79 Å². The second-order valence-electron chi connectivity index (χ2n) is 3.25. The molecule has 1 aliphatic carbocycles. The number of aromatic nitrogens is 3. The third-order valence-electron chi connectivity index (χ3n) is 2.07. The predicted molar refractivity (Wildman–Crippen MR) is 45.8 cm³/mol. The number of aromatic amines is 1. The van der Waals surface area contributed by atoms with Crippen LogP contribution in [0.25, 0.3) is 0 Å². The molecule has 70 valence electrons. The topological polar surface area (TPSA) is 70.7 Å². The quantitative estimate of drug-likeness (QED) is 0.678. The first-order chi connectivity index (χ1) is 6.36. The molecule has 0 spiro atoms. The van der Waals surface area contributed by atoms with E-state index in [0.717, 1.165) is 25.1 Å². The van der Waals surface area contributed by atoms with Crippen molar-refractivity contribution in [1.29, 1.82) is 0 Å². The minimum atomic E-state index is 0.180. The Bertz CT molecular complexity index is 278. The number of H-pyrrole nitrogens is 1. The molecule has 0 bridgehead atoms. The number of hydrogen-bond acceptors (Lipinski definition) is 3. The van der Waals surface area contributed by atoms with Gasteiger partial charge in [-0.15, -0.1) is 0 Å². The van der Waals surface area contributed by atoms with Crippen molar-refractivity contribution in [3.8, 4) is 0 Å². The van der Waals surface area contributed by atoms with Gasteiger partial charge in [0.05, 0.1) is 0 Å². The number of hydrogen-bond donors (Lipinski definition) is 2. The van der Waals surface area contributed by atoms with Crippen molar-refractivity contribution in [3.05, 3.63) is 12.2 Å². The standard InChI is InChI=1S/C8H12N4O/c13-8(6-1-2-6)9-4-3-7-10-5-11-12-7/h5-6H,1-4H2,(H,9,13)(H,10,11,12). The van der Waals surface area contributed by atoms with Crippen LogP contribution >= 0.6 is 0 Å². The number of amides is 1. The van der Waals surface area contributed by atoms with E-state index in [1.165, 1.54) is 6.33 Å². The van der Waals surface area contributed by atoms with Crippen LogP contribution in [-0.4, -0.2) is 27.6 Å². The summed E-state index contributed by atoms with van der Waals surface area (Å²) in [6.07, 6.45) is 4.29. The van der Waals surface area contributed by atoms with Gasteiger partial charge in [0.1, 0.15) is 12.2 Å². The van der Waals surface area contributed by atoms with Crippen LogP contribution in [0, 0.1) is 5.92 Å². The normalized spacial score (nSPS) is 15.7. The molecular formula is C8H12N4O. The lowest BCUT2D eigenvalue weighted by Gasteiger charge is -2.00. The van der Waals surface area contributed by atoms with E-state index in [4.69, 9.17) is 0 Å². The van der Waals surface area contributed by atoms with Crippen molar-refractivity contribution in [3.63, 3.8) is 0 Å². The Balaban J connectivity index is 1.66. The summed E-state index contributed by atoms with van der Waals surface area (Å²) in [6, 6.07) is 0. The molecule has 0 aromatic carbocycles. The Morgan fingerprint density at radius 2 is 2.54 bits per heavy atom. The molecule has 1 aromatic heterocycles. The Hall–Kier alpha value is -1.39. The van der Waals surface area contributed by atoms with Crippen molar-refractivity contribution in [2.75, 3.05) is 6.54 Å². The van der Waals surface area contributed by atoms with Crippen molar-refractivity contribution in [1.82, 2.24) is 20.5 Å². The van der Waals surface area contributed by atoms with Crippen molar-refractivity contribution in [2.24, 2.45) is 5.92 Å². The summed E-state index contributed by atoms with van der Waals surface area (Å²) in [6.45, 7) is 0.643. The van der Waals surface area contributed by atoms with Gasteiger partial charge in [-0.3, -0.25) is 9.89 Å². The van der Waals surface area contributed by atoms with Gasteiger partial charge in [0.15, 0.2) is 0 Å². The summed E-state index contributed by atoms with van der Waals surface area (Å²) in [4.78, 5) is 15.1. The zero-order chi connectivity index (χ0) is 9.10. The molecule has 0 aliphatic heterocycles. The fourth-order valence-electron chi connectivity index (χ4n) is 1.15. The first-order valence-corrected chi connectivity index (χ1v) is 4.48. The van der Waals surface area contributed by atoms with Crippen LogP contribution in [0.4, 0.5) is 0 Å². The van der Waals surface area contributed by atoms with E-state index >= 15 is 0 Å². The van der Waals surface area contributed by atoms with Gasteiger partial charge in [-0.25, -0.2) is 4.98 Å². The first-order valence-electron chi connectivity index (χ1n) is 4.48. The van der Waals surface area contributed by atoms with Crippen molar-refractivity contribution >= 4 is 5.91 Å². The second-order valence-corrected chi connectivity index (χ2v) is 3.25. The monoisotopic (exact) mass is 180 g/mol. The van der Waals surface area contributed by atoms with Gasteiger partial charge >= 0.3 is 0 Å². The second kappa shape index (κ2) is 3.55. The number of carbonyl (C=O) groups excluding carboxylic acids is 1. The van der Waals surface area contributed by atoms with Crippen LogP contribution in [0.1, 0.15) is 18.7 Å². The summed E-state index contributed by atoms with van der Waals surface area (Å²) in [7, 11) is 0. The Morgan fingerprint density at radius 1 is 1.69 bits per heavy atom. The van der Waals surface area contributed by atoms with Crippen molar-refractivity contribution in [2.45, 2.75) is 19.3 Å². The van der Waals surface area contributed by atoms with Gasteiger partial charge in [-0.2, -0.15) is 5.10 Å². The Labute approximate surface area is 75.9 Å².